The Bertz CT molecular complexity index is 1070. The van der Waals surface area contributed by atoms with Crippen LogP contribution < -0.4 is 0 Å². The molecule has 4 rings (SSSR count). The summed E-state index contributed by atoms with van der Waals surface area (Å²) in [5, 5.41) is 18.5. The molecule has 0 radical (unpaired) electrons. The van der Waals surface area contributed by atoms with Crippen LogP contribution >= 0.6 is 22.9 Å². The Hall–Kier alpha value is -2.32. The molecule has 0 bridgehead atoms. The maximum absolute atomic E-state index is 14.2. The van der Waals surface area contributed by atoms with Crippen LogP contribution in [-0.4, -0.2) is 29.6 Å². The van der Waals surface area contributed by atoms with Gasteiger partial charge in [-0.25, -0.2) is 4.39 Å². The van der Waals surface area contributed by atoms with E-state index in [0.29, 0.717) is 15.8 Å². The molecule has 0 saturated heterocycles. The van der Waals surface area contributed by atoms with Crippen LogP contribution in [0.1, 0.15) is 19.0 Å². The Morgan fingerprint density at radius 2 is 2.04 bits per heavy atom. The monoisotopic (exact) mass is 376 g/mol. The SMILES string of the molecule is CCCn1nc(C)cc1-c1nn2c(-c3cc(Cl)ccc3F)nnc2s1. The van der Waals surface area contributed by atoms with Crippen LogP contribution in [0, 0.1) is 12.7 Å². The highest BCUT2D eigenvalue weighted by Gasteiger charge is 2.19. The first kappa shape index (κ1) is 16.2. The molecule has 0 amide bonds. The maximum Gasteiger partial charge on any atom is 0.235 e. The van der Waals surface area contributed by atoms with E-state index >= 15 is 0 Å². The van der Waals surface area contributed by atoms with Gasteiger partial charge in [0.2, 0.25) is 4.96 Å². The van der Waals surface area contributed by atoms with Crippen molar-refractivity contribution in [3.8, 4) is 22.1 Å². The molecule has 3 aromatic heterocycles. The average Bonchev–Trinajstić information content (AvgIpc) is 3.24. The highest BCUT2D eigenvalue weighted by atomic mass is 35.5. The fraction of sp³-hybridized carbons (Fsp3) is 0.250. The minimum atomic E-state index is -0.417. The lowest BCUT2D eigenvalue weighted by atomic mass is 10.2. The zero-order valence-electron chi connectivity index (χ0n) is 13.6. The molecule has 0 N–H and O–H groups in total. The number of halogens is 2. The van der Waals surface area contributed by atoms with E-state index in [-0.39, 0.29) is 5.56 Å². The number of benzene rings is 1. The van der Waals surface area contributed by atoms with Crippen LogP contribution in [0.15, 0.2) is 24.3 Å². The highest BCUT2D eigenvalue weighted by molar-refractivity contribution is 7.19. The zero-order valence-corrected chi connectivity index (χ0v) is 15.1. The molecule has 0 saturated carbocycles. The molecule has 0 aliphatic rings. The second-order valence-electron chi connectivity index (χ2n) is 5.64. The maximum atomic E-state index is 14.2. The molecule has 0 aliphatic carbocycles. The molecule has 0 atom stereocenters. The number of nitrogens with zero attached hydrogens (tertiary/aromatic N) is 6. The summed E-state index contributed by atoms with van der Waals surface area (Å²) in [4.78, 5) is 0.589. The van der Waals surface area contributed by atoms with E-state index in [1.165, 1.54) is 29.5 Å². The normalized spacial score (nSPS) is 11.5. The first-order chi connectivity index (χ1) is 12.1. The summed E-state index contributed by atoms with van der Waals surface area (Å²) in [6.07, 6.45) is 0.969. The minimum absolute atomic E-state index is 0.273. The van der Waals surface area contributed by atoms with Gasteiger partial charge in [-0.2, -0.15) is 14.7 Å². The lowest BCUT2D eigenvalue weighted by Gasteiger charge is -2.02. The van der Waals surface area contributed by atoms with Crippen molar-refractivity contribution >= 4 is 27.9 Å². The highest BCUT2D eigenvalue weighted by Crippen LogP contribution is 2.30. The van der Waals surface area contributed by atoms with Gasteiger partial charge in [0.15, 0.2) is 10.8 Å². The van der Waals surface area contributed by atoms with Crippen LogP contribution in [0.3, 0.4) is 0 Å². The summed E-state index contributed by atoms with van der Waals surface area (Å²) < 4.78 is 17.7. The van der Waals surface area contributed by atoms with Gasteiger partial charge >= 0.3 is 0 Å². The third-order valence-corrected chi connectivity index (χ3v) is 4.87. The topological polar surface area (TPSA) is 60.9 Å². The number of aryl methyl sites for hydroxylation is 2. The molecule has 0 spiro atoms. The van der Waals surface area contributed by atoms with Gasteiger partial charge in [0, 0.05) is 11.6 Å². The minimum Gasteiger partial charge on any atom is -0.262 e. The van der Waals surface area contributed by atoms with Crippen LogP contribution in [0.25, 0.3) is 27.1 Å². The third kappa shape index (κ3) is 2.81. The molecular weight excluding hydrogens is 363 g/mol. The third-order valence-electron chi connectivity index (χ3n) is 3.72. The molecule has 9 heteroatoms. The fourth-order valence-electron chi connectivity index (χ4n) is 2.66. The molecule has 128 valence electrons. The molecule has 6 nitrogen and oxygen atoms in total. The first-order valence-electron chi connectivity index (χ1n) is 7.79. The molecule has 4 aromatic rings. The molecule has 1 aromatic carbocycles. The van der Waals surface area contributed by atoms with Crippen LogP contribution in [0.2, 0.25) is 5.02 Å². The smallest absolute Gasteiger partial charge is 0.235 e. The predicted octanol–water partition coefficient (Wildman–Crippen LogP) is 4.23. The van der Waals surface area contributed by atoms with E-state index in [9.17, 15) is 4.39 Å². The Labute approximate surface area is 151 Å². The zero-order chi connectivity index (χ0) is 17.6. The van der Waals surface area contributed by atoms with Crippen LogP contribution in [0.4, 0.5) is 4.39 Å². The standard InChI is InChI=1S/C16H14ClFN6S/c1-3-6-23-13(7-9(2)21-23)15-22-24-14(19-20-16(24)25-15)11-8-10(17)4-5-12(11)18/h4-5,7-8H,3,6H2,1-2H3. The second-order valence-corrected chi connectivity index (χ2v) is 7.04. The Balaban J connectivity index is 1.85. The van der Waals surface area contributed by atoms with Crippen molar-refractivity contribution < 1.29 is 4.39 Å². The summed E-state index contributed by atoms with van der Waals surface area (Å²) in [6, 6.07) is 6.32. The van der Waals surface area contributed by atoms with Crippen LogP contribution in [-0.2, 0) is 6.54 Å². The Morgan fingerprint density at radius 1 is 1.20 bits per heavy atom. The first-order valence-corrected chi connectivity index (χ1v) is 8.98. The lowest BCUT2D eigenvalue weighted by Crippen LogP contribution is -2.02. The Morgan fingerprint density at radius 3 is 2.84 bits per heavy atom. The number of rotatable bonds is 4. The van der Waals surface area contributed by atoms with E-state index < -0.39 is 5.82 Å². The van der Waals surface area contributed by atoms with Gasteiger partial charge in [-0.3, -0.25) is 4.68 Å². The van der Waals surface area contributed by atoms with Gasteiger partial charge in [0.25, 0.3) is 0 Å². The lowest BCUT2D eigenvalue weighted by molar-refractivity contribution is 0.603. The summed E-state index contributed by atoms with van der Waals surface area (Å²) >= 11 is 7.38. The van der Waals surface area contributed by atoms with Gasteiger partial charge in [-0.05, 0) is 37.6 Å². The molecule has 0 unspecified atom stereocenters. The van der Waals surface area contributed by atoms with E-state index in [1.54, 1.807) is 4.52 Å². The summed E-state index contributed by atoms with van der Waals surface area (Å²) in [6.45, 7) is 4.85. The number of hydrogen-bond donors (Lipinski definition) is 0. The van der Waals surface area contributed by atoms with Crippen LogP contribution in [0.5, 0.6) is 0 Å². The fourth-order valence-corrected chi connectivity index (χ4v) is 3.69. The molecule has 0 fully saturated rings. The van der Waals surface area contributed by atoms with Gasteiger partial charge in [0.1, 0.15) is 5.82 Å². The number of fused-ring (bicyclic) bond motifs is 1. The summed E-state index contributed by atoms with van der Waals surface area (Å²) in [5.41, 5.74) is 2.12. The van der Waals surface area contributed by atoms with Crippen molar-refractivity contribution in [1.82, 2.24) is 29.6 Å². The molecule has 0 aliphatic heterocycles. The van der Waals surface area contributed by atoms with Crippen molar-refractivity contribution in [2.45, 2.75) is 26.8 Å². The summed E-state index contributed by atoms with van der Waals surface area (Å²) in [7, 11) is 0. The van der Waals surface area contributed by atoms with Crippen molar-refractivity contribution in [2.75, 3.05) is 0 Å². The Kier molecular flexibility index (Phi) is 4.01. The van der Waals surface area contributed by atoms with Gasteiger partial charge in [-0.15, -0.1) is 10.2 Å². The largest absolute Gasteiger partial charge is 0.262 e. The van der Waals surface area contributed by atoms with Crippen molar-refractivity contribution in [3.05, 3.63) is 40.8 Å². The van der Waals surface area contributed by atoms with Crippen molar-refractivity contribution in [3.63, 3.8) is 0 Å². The quantitative estimate of drug-likeness (QED) is 0.534. The van der Waals surface area contributed by atoms with E-state index in [1.807, 2.05) is 17.7 Å². The molecule has 25 heavy (non-hydrogen) atoms. The predicted molar refractivity (Wildman–Crippen MR) is 95.3 cm³/mol. The van der Waals surface area contributed by atoms with E-state index in [4.69, 9.17) is 11.6 Å². The average molecular weight is 377 g/mol. The number of aromatic nitrogens is 6. The van der Waals surface area contributed by atoms with Gasteiger partial charge in [0.05, 0.1) is 17.0 Å². The van der Waals surface area contributed by atoms with Crippen molar-refractivity contribution in [1.29, 1.82) is 0 Å². The van der Waals surface area contributed by atoms with E-state index in [2.05, 4.69) is 27.3 Å². The molecular formula is C16H14ClFN6S. The van der Waals surface area contributed by atoms with Gasteiger partial charge < -0.3 is 0 Å². The van der Waals surface area contributed by atoms with E-state index in [0.717, 1.165) is 29.4 Å². The molecule has 3 heterocycles. The second kappa shape index (κ2) is 6.20. The van der Waals surface area contributed by atoms with Gasteiger partial charge in [-0.1, -0.05) is 29.9 Å². The van der Waals surface area contributed by atoms with Crippen molar-refractivity contribution in [2.24, 2.45) is 0 Å². The number of hydrogen-bond acceptors (Lipinski definition) is 5. The summed E-state index contributed by atoms with van der Waals surface area (Å²) in [5.74, 6) is -0.0871.